The number of rotatable bonds is 8. The van der Waals surface area contributed by atoms with Crippen molar-refractivity contribution in [1.29, 1.82) is 0 Å². The van der Waals surface area contributed by atoms with Crippen LogP contribution in [-0.4, -0.2) is 55.9 Å². The standard InChI is InChI=1S/C29H29N7O4/c37-25-6-5-24(27(38)33-25)36-28(39)21-4-3-19(13-22(21)29(36)40)31-14-16-11-20(12-16)35-15-23(26(34-35)17-1-2-17)32-18-7-9-30-10-8-18/h3-4,7-10,13,15-17,20,24,31H,1-2,5-6,11-12,14H2,(H,30,32)(H,33,37,38). The zero-order chi connectivity index (χ0) is 27.4. The molecule has 40 heavy (non-hydrogen) atoms. The lowest BCUT2D eigenvalue weighted by molar-refractivity contribution is -0.136. The summed E-state index contributed by atoms with van der Waals surface area (Å²) >= 11 is 0. The second-order valence-corrected chi connectivity index (χ2v) is 11.1. The van der Waals surface area contributed by atoms with E-state index < -0.39 is 23.8 Å². The molecule has 3 fully saturated rings. The molecule has 2 aliphatic heterocycles. The van der Waals surface area contributed by atoms with Gasteiger partial charge in [0.05, 0.1) is 28.6 Å². The number of fused-ring (bicyclic) bond motifs is 1. The molecule has 11 nitrogen and oxygen atoms in total. The third-order valence-electron chi connectivity index (χ3n) is 8.30. The van der Waals surface area contributed by atoms with Crippen LogP contribution in [0, 0.1) is 5.92 Å². The highest BCUT2D eigenvalue weighted by Crippen LogP contribution is 2.45. The molecule has 2 aromatic heterocycles. The number of carbonyl (C=O) groups excluding carboxylic acids is 4. The van der Waals surface area contributed by atoms with Gasteiger partial charge >= 0.3 is 0 Å². The number of imide groups is 2. The first-order valence-corrected chi connectivity index (χ1v) is 13.8. The zero-order valence-electron chi connectivity index (χ0n) is 21.8. The van der Waals surface area contributed by atoms with Crippen molar-refractivity contribution < 1.29 is 19.2 Å². The predicted octanol–water partition coefficient (Wildman–Crippen LogP) is 3.36. The monoisotopic (exact) mass is 539 g/mol. The number of hydrogen-bond acceptors (Lipinski definition) is 8. The Hall–Kier alpha value is -4.54. The van der Waals surface area contributed by atoms with Crippen LogP contribution in [0.2, 0.25) is 0 Å². The van der Waals surface area contributed by atoms with E-state index in [1.54, 1.807) is 30.6 Å². The second-order valence-electron chi connectivity index (χ2n) is 11.1. The molecular weight excluding hydrogens is 510 g/mol. The van der Waals surface area contributed by atoms with Gasteiger partial charge in [-0.25, -0.2) is 0 Å². The van der Waals surface area contributed by atoms with Gasteiger partial charge in [0.1, 0.15) is 6.04 Å². The second kappa shape index (κ2) is 9.58. The third kappa shape index (κ3) is 4.41. The summed E-state index contributed by atoms with van der Waals surface area (Å²) in [4.78, 5) is 54.9. The number of pyridine rings is 1. The van der Waals surface area contributed by atoms with Gasteiger partial charge in [-0.15, -0.1) is 0 Å². The van der Waals surface area contributed by atoms with Crippen molar-refractivity contribution in [2.45, 2.75) is 56.5 Å². The first kappa shape index (κ1) is 24.5. The number of carbonyl (C=O) groups is 4. The highest BCUT2D eigenvalue weighted by molar-refractivity contribution is 6.23. The first-order valence-electron chi connectivity index (χ1n) is 13.8. The Bertz CT molecular complexity index is 1520. The highest BCUT2D eigenvalue weighted by atomic mass is 16.2. The molecule has 11 heteroatoms. The Morgan fingerprint density at radius 3 is 2.45 bits per heavy atom. The van der Waals surface area contributed by atoms with Crippen molar-refractivity contribution in [2.24, 2.45) is 5.92 Å². The van der Waals surface area contributed by atoms with Crippen LogP contribution in [0.25, 0.3) is 0 Å². The lowest BCUT2D eigenvalue weighted by atomic mass is 9.80. The molecule has 0 spiro atoms. The molecule has 1 atom stereocenters. The minimum Gasteiger partial charge on any atom is -0.385 e. The molecule has 4 aliphatic rings. The summed E-state index contributed by atoms with van der Waals surface area (Å²) in [6.45, 7) is 0.743. The van der Waals surface area contributed by atoms with Crippen molar-refractivity contribution in [1.82, 2.24) is 25.0 Å². The number of hydrogen-bond donors (Lipinski definition) is 3. The van der Waals surface area contributed by atoms with Crippen LogP contribution < -0.4 is 16.0 Å². The van der Waals surface area contributed by atoms with Gasteiger partial charge in [-0.05, 0) is 68.4 Å². The Balaban J connectivity index is 0.969. The van der Waals surface area contributed by atoms with Crippen LogP contribution in [0.5, 0.6) is 0 Å². The van der Waals surface area contributed by atoms with Crippen LogP contribution in [0.15, 0.2) is 48.9 Å². The zero-order valence-corrected chi connectivity index (χ0v) is 21.8. The molecule has 0 bridgehead atoms. The van der Waals surface area contributed by atoms with Crippen molar-refractivity contribution in [2.75, 3.05) is 17.2 Å². The topological polar surface area (TPSA) is 138 Å². The SMILES string of the molecule is O=C1CCC(N2C(=O)c3ccc(NCC4CC(n5cc(Nc6ccncc6)c(C6CC6)n5)C4)cc3C2=O)C(=O)N1. The van der Waals surface area contributed by atoms with Crippen molar-refractivity contribution in [3.8, 4) is 0 Å². The van der Waals surface area contributed by atoms with Crippen LogP contribution in [0.1, 0.15) is 76.9 Å². The largest absolute Gasteiger partial charge is 0.385 e. The summed E-state index contributed by atoms with van der Waals surface area (Å²) in [5.74, 6) is -0.997. The van der Waals surface area contributed by atoms with E-state index >= 15 is 0 Å². The lowest BCUT2D eigenvalue weighted by Gasteiger charge is -2.35. The summed E-state index contributed by atoms with van der Waals surface area (Å²) in [5.41, 5.74) is 4.53. The molecule has 2 aliphatic carbocycles. The summed E-state index contributed by atoms with van der Waals surface area (Å²) in [6, 6.07) is 8.40. The van der Waals surface area contributed by atoms with E-state index in [1.165, 1.54) is 12.8 Å². The maximum Gasteiger partial charge on any atom is 0.262 e. The molecule has 204 valence electrons. The molecule has 4 amide bonds. The summed E-state index contributed by atoms with van der Waals surface area (Å²) in [5, 5.41) is 14.1. The number of piperidine rings is 1. The van der Waals surface area contributed by atoms with Gasteiger partial charge in [0.15, 0.2) is 0 Å². The molecule has 1 saturated heterocycles. The van der Waals surface area contributed by atoms with E-state index in [0.29, 0.717) is 17.9 Å². The summed E-state index contributed by atoms with van der Waals surface area (Å²) < 4.78 is 2.11. The molecule has 7 rings (SSSR count). The minimum absolute atomic E-state index is 0.0992. The Morgan fingerprint density at radius 2 is 1.70 bits per heavy atom. The van der Waals surface area contributed by atoms with E-state index in [9.17, 15) is 19.2 Å². The lowest BCUT2D eigenvalue weighted by Crippen LogP contribution is -2.54. The molecule has 1 unspecified atom stereocenters. The Morgan fingerprint density at radius 1 is 0.925 bits per heavy atom. The van der Waals surface area contributed by atoms with E-state index in [4.69, 9.17) is 5.10 Å². The fraction of sp³-hybridized carbons (Fsp3) is 0.379. The van der Waals surface area contributed by atoms with Crippen LogP contribution in [-0.2, 0) is 9.59 Å². The number of aromatic nitrogens is 3. The highest BCUT2D eigenvalue weighted by Gasteiger charge is 2.44. The third-order valence-corrected chi connectivity index (χ3v) is 8.30. The van der Waals surface area contributed by atoms with E-state index in [1.807, 2.05) is 12.1 Å². The van der Waals surface area contributed by atoms with Gasteiger partial charge in [0.25, 0.3) is 11.8 Å². The Labute approximate surface area is 230 Å². The van der Waals surface area contributed by atoms with Gasteiger partial charge < -0.3 is 10.6 Å². The number of anilines is 3. The van der Waals surface area contributed by atoms with Gasteiger partial charge in [0, 0.05) is 48.8 Å². The maximum atomic E-state index is 13.1. The molecule has 1 aromatic carbocycles. The maximum absolute atomic E-state index is 13.1. The average molecular weight is 540 g/mol. The molecular formula is C29H29N7O4. The minimum atomic E-state index is -0.962. The normalized spacial score (nSPS) is 24.0. The molecule has 0 radical (unpaired) electrons. The van der Waals surface area contributed by atoms with E-state index in [-0.39, 0.29) is 29.9 Å². The van der Waals surface area contributed by atoms with Crippen LogP contribution >= 0.6 is 0 Å². The number of benzene rings is 1. The fourth-order valence-electron chi connectivity index (χ4n) is 5.86. The van der Waals surface area contributed by atoms with Gasteiger partial charge in [0.2, 0.25) is 11.8 Å². The summed E-state index contributed by atoms with van der Waals surface area (Å²) in [6.07, 6.45) is 10.3. The van der Waals surface area contributed by atoms with Gasteiger partial charge in [-0.2, -0.15) is 5.10 Å². The predicted molar refractivity (Wildman–Crippen MR) is 145 cm³/mol. The molecule has 2 saturated carbocycles. The van der Waals surface area contributed by atoms with Gasteiger partial charge in [-0.1, -0.05) is 0 Å². The first-order chi connectivity index (χ1) is 19.4. The fourth-order valence-corrected chi connectivity index (χ4v) is 5.86. The number of nitrogens with one attached hydrogen (secondary N) is 3. The summed E-state index contributed by atoms with van der Waals surface area (Å²) in [7, 11) is 0. The van der Waals surface area contributed by atoms with E-state index in [2.05, 4.69) is 31.8 Å². The molecule has 4 heterocycles. The average Bonchev–Trinajstić information content (AvgIpc) is 3.64. The van der Waals surface area contributed by atoms with Crippen molar-refractivity contribution in [3.63, 3.8) is 0 Å². The number of nitrogens with zero attached hydrogens (tertiary/aromatic N) is 4. The molecule has 3 N–H and O–H groups in total. The van der Waals surface area contributed by atoms with Crippen molar-refractivity contribution >= 4 is 40.7 Å². The Kier molecular flexibility index (Phi) is 5.87. The van der Waals surface area contributed by atoms with Crippen molar-refractivity contribution in [3.05, 3.63) is 65.7 Å². The van der Waals surface area contributed by atoms with Crippen LogP contribution in [0.3, 0.4) is 0 Å². The number of amides is 4. The molecule has 3 aromatic rings. The van der Waals surface area contributed by atoms with Crippen LogP contribution in [0.4, 0.5) is 17.1 Å². The quantitative estimate of drug-likeness (QED) is 0.371. The van der Waals surface area contributed by atoms with Gasteiger partial charge in [-0.3, -0.25) is 39.1 Å². The smallest absolute Gasteiger partial charge is 0.262 e. The van der Waals surface area contributed by atoms with E-state index in [0.717, 1.165) is 47.0 Å².